The van der Waals surface area contributed by atoms with Crippen LogP contribution in [0.2, 0.25) is 5.02 Å². The Morgan fingerprint density at radius 3 is 2.80 bits per heavy atom. The molecule has 3 aromatic rings. The van der Waals surface area contributed by atoms with Crippen LogP contribution in [0.5, 0.6) is 5.75 Å². The molecule has 3 heterocycles. The van der Waals surface area contributed by atoms with Crippen LogP contribution >= 0.6 is 11.6 Å². The van der Waals surface area contributed by atoms with Crippen LogP contribution in [0.4, 0.5) is 10.6 Å². The molecule has 1 aromatic carbocycles. The molecule has 2 aliphatic rings. The molecule has 1 fully saturated rings. The second kappa shape index (κ2) is 10.3. The van der Waals surface area contributed by atoms with E-state index in [4.69, 9.17) is 40.6 Å². The average molecular weight is 501 g/mol. The molecule has 0 bridgehead atoms. The third kappa shape index (κ3) is 5.31. The summed E-state index contributed by atoms with van der Waals surface area (Å²) in [5, 5.41) is 13.9. The number of anilines is 1. The average Bonchev–Trinajstić information content (AvgIpc) is 3.22. The largest absolute Gasteiger partial charge is 0.506 e. The number of aromatic nitrogens is 2. The van der Waals surface area contributed by atoms with Gasteiger partial charge in [0.15, 0.2) is 0 Å². The molecule has 0 spiro atoms. The van der Waals surface area contributed by atoms with Crippen LogP contribution in [0, 0.1) is 0 Å². The second-order valence-corrected chi connectivity index (χ2v) is 9.47. The second-order valence-electron chi connectivity index (χ2n) is 9.06. The number of hydrogen-bond donors (Lipinski definition) is 2. The Morgan fingerprint density at radius 1 is 1.26 bits per heavy atom. The lowest BCUT2D eigenvalue weighted by molar-refractivity contribution is 0.0181. The highest BCUT2D eigenvalue weighted by Crippen LogP contribution is 2.35. The van der Waals surface area contributed by atoms with Crippen LogP contribution in [0.15, 0.2) is 22.6 Å². The first kappa shape index (κ1) is 23.7. The van der Waals surface area contributed by atoms with E-state index in [0.717, 1.165) is 61.3 Å². The molecule has 186 valence electrons. The third-order valence-electron chi connectivity index (χ3n) is 6.70. The lowest BCUT2D eigenvalue weighted by Crippen LogP contribution is -2.37. The Morgan fingerprint density at radius 2 is 2.06 bits per heavy atom. The van der Waals surface area contributed by atoms with Gasteiger partial charge >= 0.3 is 6.16 Å². The Hall–Kier alpha value is -3.04. The van der Waals surface area contributed by atoms with Crippen molar-refractivity contribution in [2.45, 2.75) is 57.7 Å². The number of aryl methyl sites for hydroxylation is 2. The van der Waals surface area contributed by atoms with Gasteiger partial charge in [0.2, 0.25) is 5.71 Å². The highest BCUT2D eigenvalue weighted by atomic mass is 35.5. The fraction of sp³-hybridized carbons (Fsp3) is 0.480. The number of piperidine rings is 1. The van der Waals surface area contributed by atoms with Crippen molar-refractivity contribution < 1.29 is 23.8 Å². The summed E-state index contributed by atoms with van der Waals surface area (Å²) in [6.45, 7) is 2.56. The van der Waals surface area contributed by atoms with Crippen LogP contribution in [-0.4, -0.2) is 52.4 Å². The molecule has 10 heteroatoms. The molecule has 0 saturated carbocycles. The maximum atomic E-state index is 10.8. The van der Waals surface area contributed by atoms with E-state index >= 15 is 0 Å². The maximum Gasteiger partial charge on any atom is 0.506 e. The highest BCUT2D eigenvalue weighted by molar-refractivity contribution is 6.32. The van der Waals surface area contributed by atoms with Gasteiger partial charge in [-0.2, -0.15) is 4.98 Å². The molecule has 0 atom stereocenters. The first-order valence-electron chi connectivity index (χ1n) is 12.0. The molecule has 5 rings (SSSR count). The van der Waals surface area contributed by atoms with Crippen LogP contribution in [-0.2, 0) is 30.7 Å². The van der Waals surface area contributed by atoms with E-state index in [2.05, 4.69) is 10.2 Å². The van der Waals surface area contributed by atoms with Crippen LogP contribution < -0.4 is 10.1 Å². The summed E-state index contributed by atoms with van der Waals surface area (Å²) < 4.78 is 16.4. The molecule has 2 N–H and O–H groups in total. The summed E-state index contributed by atoms with van der Waals surface area (Å²) in [4.78, 5) is 22.7. The minimum absolute atomic E-state index is 0.252. The number of rotatable bonds is 7. The van der Waals surface area contributed by atoms with Gasteiger partial charge in [-0.3, -0.25) is 4.90 Å². The number of hydrogen-bond acceptors (Lipinski definition) is 8. The van der Waals surface area contributed by atoms with Crippen LogP contribution in [0.1, 0.15) is 48.4 Å². The zero-order valence-corrected chi connectivity index (χ0v) is 20.4. The van der Waals surface area contributed by atoms with Crippen molar-refractivity contribution in [1.29, 1.82) is 0 Å². The van der Waals surface area contributed by atoms with Crippen LogP contribution in [0.25, 0.3) is 11.1 Å². The van der Waals surface area contributed by atoms with Gasteiger partial charge in [-0.15, -0.1) is 0 Å². The molecule has 2 aromatic heterocycles. The van der Waals surface area contributed by atoms with E-state index in [1.807, 2.05) is 18.2 Å². The number of carbonyl (C=O) groups is 1. The number of carboxylic acid groups (broad SMARTS) is 1. The summed E-state index contributed by atoms with van der Waals surface area (Å²) in [6.07, 6.45) is 3.99. The monoisotopic (exact) mass is 500 g/mol. The summed E-state index contributed by atoms with van der Waals surface area (Å²) in [7, 11) is 1.60. The first-order chi connectivity index (χ1) is 17.0. The lowest BCUT2D eigenvalue weighted by Gasteiger charge is -2.30. The van der Waals surface area contributed by atoms with Gasteiger partial charge in [0, 0.05) is 31.6 Å². The number of halogens is 1. The van der Waals surface area contributed by atoms with Gasteiger partial charge in [0.25, 0.3) is 0 Å². The molecule has 0 amide bonds. The summed E-state index contributed by atoms with van der Waals surface area (Å²) in [6, 6.07) is 5.73. The van der Waals surface area contributed by atoms with Crippen molar-refractivity contribution in [3.8, 4) is 5.75 Å². The molecular weight excluding hydrogens is 472 g/mol. The molecule has 1 aliphatic heterocycles. The number of ether oxygens (including phenoxy) is 2. The predicted octanol–water partition coefficient (Wildman–Crippen LogP) is 5.03. The molecule has 35 heavy (non-hydrogen) atoms. The SMILES string of the molecule is COc1ccc(CNc2nc(CN3CCC(OC(=O)O)CC3)nc3oc4c(c23)CCCC4)cc1Cl. The number of nitrogens with zero attached hydrogens (tertiary/aromatic N) is 3. The maximum absolute atomic E-state index is 10.8. The number of furan rings is 1. The fourth-order valence-corrected chi connectivity index (χ4v) is 5.21. The fourth-order valence-electron chi connectivity index (χ4n) is 4.93. The van der Waals surface area contributed by atoms with Gasteiger partial charge in [-0.05, 0) is 49.8 Å². The highest BCUT2D eigenvalue weighted by Gasteiger charge is 2.26. The number of benzene rings is 1. The van der Waals surface area contributed by atoms with Gasteiger partial charge in [-0.25, -0.2) is 9.78 Å². The molecule has 9 nitrogen and oxygen atoms in total. The standard InChI is InChI=1S/C25H29ClN4O5/c1-33-20-7-6-15(12-18(20)26)13-27-23-22-17-4-2-3-5-19(17)35-24(22)29-21(28-23)14-30-10-8-16(9-11-30)34-25(31)32/h6-7,12,16H,2-5,8-11,13-14H2,1H3,(H,31,32)(H,27,28,29). The van der Waals surface area contributed by atoms with E-state index in [1.54, 1.807) is 7.11 Å². The van der Waals surface area contributed by atoms with Crippen LogP contribution in [0.3, 0.4) is 0 Å². The van der Waals surface area contributed by atoms with Gasteiger partial charge in [-0.1, -0.05) is 17.7 Å². The zero-order valence-electron chi connectivity index (χ0n) is 19.7. The quantitative estimate of drug-likeness (QED) is 0.431. The Bertz CT molecular complexity index is 1220. The van der Waals surface area contributed by atoms with E-state index < -0.39 is 6.16 Å². The lowest BCUT2D eigenvalue weighted by atomic mass is 9.96. The van der Waals surface area contributed by atoms with Crippen molar-refractivity contribution in [1.82, 2.24) is 14.9 Å². The van der Waals surface area contributed by atoms with Gasteiger partial charge in [0.1, 0.15) is 29.3 Å². The van der Waals surface area contributed by atoms with E-state index in [1.165, 1.54) is 5.56 Å². The number of nitrogens with one attached hydrogen (secondary N) is 1. The Labute approximate surface area is 208 Å². The van der Waals surface area contributed by atoms with Crippen molar-refractivity contribution in [2.24, 2.45) is 0 Å². The number of likely N-dealkylation sites (tertiary alicyclic amines) is 1. The van der Waals surface area contributed by atoms with Crippen molar-refractivity contribution in [3.63, 3.8) is 0 Å². The van der Waals surface area contributed by atoms with E-state index in [9.17, 15) is 4.79 Å². The van der Waals surface area contributed by atoms with Gasteiger partial charge in [0.05, 0.1) is 24.1 Å². The minimum Gasteiger partial charge on any atom is -0.495 e. The summed E-state index contributed by atoms with van der Waals surface area (Å²) >= 11 is 6.32. The predicted molar refractivity (Wildman–Crippen MR) is 131 cm³/mol. The normalized spacial score (nSPS) is 16.7. The third-order valence-corrected chi connectivity index (χ3v) is 7.00. The summed E-state index contributed by atoms with van der Waals surface area (Å²) in [5.41, 5.74) is 2.85. The van der Waals surface area contributed by atoms with Crippen molar-refractivity contribution >= 4 is 34.7 Å². The van der Waals surface area contributed by atoms with Crippen molar-refractivity contribution in [3.05, 3.63) is 45.9 Å². The molecule has 1 saturated heterocycles. The smallest absolute Gasteiger partial charge is 0.495 e. The first-order valence-corrected chi connectivity index (χ1v) is 12.4. The Kier molecular flexibility index (Phi) is 6.97. The molecular formula is C25H29ClN4O5. The topological polar surface area (TPSA) is 110 Å². The molecule has 1 aliphatic carbocycles. The Balaban J connectivity index is 1.38. The molecule has 0 radical (unpaired) electrons. The molecule has 0 unspecified atom stereocenters. The van der Waals surface area contributed by atoms with Crippen molar-refractivity contribution in [2.75, 3.05) is 25.5 Å². The van der Waals surface area contributed by atoms with E-state index in [0.29, 0.717) is 48.2 Å². The van der Waals surface area contributed by atoms with Gasteiger partial charge < -0.3 is 24.3 Å². The minimum atomic E-state index is -1.21. The summed E-state index contributed by atoms with van der Waals surface area (Å²) in [5.74, 6) is 3.10. The van der Waals surface area contributed by atoms with E-state index in [-0.39, 0.29) is 6.10 Å². The number of fused-ring (bicyclic) bond motifs is 3. The zero-order chi connectivity index (χ0) is 24.4. The number of methoxy groups -OCH3 is 1.